The molecule has 0 radical (unpaired) electrons. The number of carbonyl (C=O) groups excluding carboxylic acids is 1. The van der Waals surface area contributed by atoms with E-state index in [4.69, 9.17) is 4.74 Å². The highest BCUT2D eigenvalue weighted by Crippen LogP contribution is 2.50. The summed E-state index contributed by atoms with van der Waals surface area (Å²) >= 11 is 0. The fraction of sp³-hybridized carbons (Fsp3) is 0.700. The Morgan fingerprint density at radius 3 is 2.92 bits per heavy atom. The zero-order valence-corrected chi connectivity index (χ0v) is 15.2. The smallest absolute Gasteiger partial charge is 0.226 e. The van der Waals surface area contributed by atoms with E-state index in [1.165, 1.54) is 12.8 Å². The van der Waals surface area contributed by atoms with Gasteiger partial charge in [0.2, 0.25) is 5.91 Å². The topological polar surface area (TPSA) is 45.7 Å². The van der Waals surface area contributed by atoms with E-state index in [1.807, 2.05) is 17.9 Å². The van der Waals surface area contributed by atoms with Crippen LogP contribution in [0.3, 0.4) is 0 Å². The average Bonchev–Trinajstić information content (AvgIpc) is 3.22. The van der Waals surface area contributed by atoms with Gasteiger partial charge in [0.25, 0.3) is 0 Å². The normalized spacial score (nSPS) is 30.3. The van der Waals surface area contributed by atoms with E-state index < -0.39 is 0 Å². The largest absolute Gasteiger partial charge is 0.378 e. The van der Waals surface area contributed by atoms with Crippen LogP contribution in [0.4, 0.5) is 0 Å². The van der Waals surface area contributed by atoms with Crippen LogP contribution >= 0.6 is 0 Å². The quantitative estimate of drug-likeness (QED) is 0.844. The Morgan fingerprint density at radius 1 is 1.28 bits per heavy atom. The van der Waals surface area contributed by atoms with Crippen LogP contribution in [-0.2, 0) is 16.1 Å². The number of nitrogens with zero attached hydrogens (tertiary/aromatic N) is 3. The minimum atomic E-state index is 0.194. The Morgan fingerprint density at radius 2 is 2.12 bits per heavy atom. The molecule has 1 saturated carbocycles. The first-order valence-corrected chi connectivity index (χ1v) is 9.68. The lowest BCUT2D eigenvalue weighted by Crippen LogP contribution is -2.47. The van der Waals surface area contributed by atoms with Gasteiger partial charge in [-0.25, -0.2) is 0 Å². The molecular formula is C20H29N3O2. The van der Waals surface area contributed by atoms with E-state index >= 15 is 0 Å². The van der Waals surface area contributed by atoms with Gasteiger partial charge in [-0.2, -0.15) is 0 Å². The molecule has 25 heavy (non-hydrogen) atoms. The van der Waals surface area contributed by atoms with Crippen molar-refractivity contribution in [1.82, 2.24) is 14.8 Å². The lowest BCUT2D eigenvalue weighted by Gasteiger charge is -2.36. The van der Waals surface area contributed by atoms with Gasteiger partial charge >= 0.3 is 0 Å². The molecular weight excluding hydrogens is 314 g/mol. The maximum Gasteiger partial charge on any atom is 0.226 e. The van der Waals surface area contributed by atoms with Crippen molar-refractivity contribution in [3.05, 3.63) is 29.6 Å². The van der Waals surface area contributed by atoms with Gasteiger partial charge in [-0.15, -0.1) is 0 Å². The van der Waals surface area contributed by atoms with E-state index in [-0.39, 0.29) is 11.3 Å². The predicted octanol–water partition coefficient (Wildman–Crippen LogP) is 2.24. The fourth-order valence-corrected chi connectivity index (χ4v) is 5.05. The number of ether oxygens (including phenoxy) is 1. The molecule has 0 aromatic carbocycles. The molecule has 4 rings (SSSR count). The van der Waals surface area contributed by atoms with Gasteiger partial charge in [0.15, 0.2) is 0 Å². The van der Waals surface area contributed by atoms with Crippen molar-refractivity contribution in [2.45, 2.75) is 39.2 Å². The number of rotatable bonds is 3. The van der Waals surface area contributed by atoms with Crippen molar-refractivity contribution in [3.63, 3.8) is 0 Å². The highest BCUT2D eigenvalue weighted by molar-refractivity contribution is 5.80. The van der Waals surface area contributed by atoms with Gasteiger partial charge in [-0.05, 0) is 50.3 Å². The van der Waals surface area contributed by atoms with Crippen molar-refractivity contribution in [3.8, 4) is 0 Å². The van der Waals surface area contributed by atoms with Crippen LogP contribution in [0, 0.1) is 18.3 Å². The summed E-state index contributed by atoms with van der Waals surface area (Å²) in [5, 5.41) is 0. The number of aryl methyl sites for hydroxylation is 1. The Hall–Kier alpha value is -1.46. The zero-order valence-electron chi connectivity index (χ0n) is 15.2. The number of likely N-dealkylation sites (tertiary alicyclic amines) is 1. The predicted molar refractivity (Wildman–Crippen MR) is 96.0 cm³/mol. The Bertz CT molecular complexity index is 629. The van der Waals surface area contributed by atoms with Gasteiger partial charge in [0.1, 0.15) is 0 Å². The number of hydrogen-bond acceptors (Lipinski definition) is 4. The first kappa shape index (κ1) is 17.0. The minimum absolute atomic E-state index is 0.194. The van der Waals surface area contributed by atoms with Crippen LogP contribution in [0.5, 0.6) is 0 Å². The van der Waals surface area contributed by atoms with Crippen LogP contribution in [0.15, 0.2) is 18.2 Å². The summed E-state index contributed by atoms with van der Waals surface area (Å²) in [7, 11) is 0. The lowest BCUT2D eigenvalue weighted by atomic mass is 9.76. The number of hydrogen-bond donors (Lipinski definition) is 0. The third-order valence-electron chi connectivity index (χ3n) is 6.32. The zero-order chi connectivity index (χ0) is 17.3. The molecule has 0 N–H and O–H groups in total. The standard InChI is InChI=1S/C20H29N3O2/c1-16-4-2-5-17(21-16)14-22-9-8-20(15-22)7-3-6-18(20)19(24)23-10-12-25-13-11-23/h2,4-5,18H,3,6-15H2,1H3/t18-,20-/m0/s1. The van der Waals surface area contributed by atoms with E-state index in [1.54, 1.807) is 0 Å². The SMILES string of the molecule is Cc1cccc(CN2CC[C@@]3(CCC[C@H]3C(=O)N3CCOCC3)C2)n1. The average molecular weight is 343 g/mol. The molecule has 1 aromatic rings. The number of morpholine rings is 1. The Labute approximate surface area is 150 Å². The Kier molecular flexibility index (Phi) is 4.78. The summed E-state index contributed by atoms with van der Waals surface area (Å²) in [6, 6.07) is 6.25. The summed E-state index contributed by atoms with van der Waals surface area (Å²) < 4.78 is 5.41. The summed E-state index contributed by atoms with van der Waals surface area (Å²) in [5.41, 5.74) is 2.41. The molecule has 0 unspecified atom stereocenters. The highest BCUT2D eigenvalue weighted by atomic mass is 16.5. The number of carbonyl (C=O) groups is 1. The van der Waals surface area contributed by atoms with Crippen molar-refractivity contribution >= 4 is 5.91 Å². The molecule has 1 spiro atoms. The van der Waals surface area contributed by atoms with E-state index in [0.29, 0.717) is 19.1 Å². The molecule has 0 bridgehead atoms. The molecule has 136 valence electrons. The van der Waals surface area contributed by atoms with Gasteiger partial charge in [0, 0.05) is 37.8 Å². The molecule has 2 aliphatic heterocycles. The van der Waals surface area contributed by atoms with Crippen LogP contribution in [0.1, 0.15) is 37.1 Å². The molecule has 1 aromatic heterocycles. The molecule has 3 heterocycles. The summed E-state index contributed by atoms with van der Waals surface area (Å²) in [6.07, 6.45) is 4.61. The molecule has 5 nitrogen and oxygen atoms in total. The van der Waals surface area contributed by atoms with Gasteiger partial charge < -0.3 is 9.64 Å². The third-order valence-corrected chi connectivity index (χ3v) is 6.32. The molecule has 2 atom stereocenters. The second kappa shape index (κ2) is 7.04. The summed E-state index contributed by atoms with van der Waals surface area (Å²) in [5.74, 6) is 0.595. The van der Waals surface area contributed by atoms with Crippen LogP contribution in [0.2, 0.25) is 0 Å². The third kappa shape index (κ3) is 3.44. The second-order valence-electron chi connectivity index (χ2n) is 7.98. The molecule has 3 aliphatic rings. The van der Waals surface area contributed by atoms with E-state index in [0.717, 1.165) is 57.0 Å². The minimum Gasteiger partial charge on any atom is -0.378 e. The van der Waals surface area contributed by atoms with Crippen LogP contribution in [-0.4, -0.2) is 60.1 Å². The van der Waals surface area contributed by atoms with Crippen LogP contribution in [0.25, 0.3) is 0 Å². The monoisotopic (exact) mass is 343 g/mol. The molecule has 1 amide bonds. The van der Waals surface area contributed by atoms with Gasteiger partial charge in [-0.3, -0.25) is 14.7 Å². The van der Waals surface area contributed by atoms with Crippen LogP contribution < -0.4 is 0 Å². The summed E-state index contributed by atoms with van der Waals surface area (Å²) in [4.78, 5) is 22.3. The van der Waals surface area contributed by atoms with Gasteiger partial charge in [-0.1, -0.05) is 12.5 Å². The van der Waals surface area contributed by atoms with Crippen molar-refractivity contribution in [2.75, 3.05) is 39.4 Å². The number of amides is 1. The summed E-state index contributed by atoms with van der Waals surface area (Å²) in [6.45, 7) is 7.99. The highest BCUT2D eigenvalue weighted by Gasteiger charge is 2.51. The first-order valence-electron chi connectivity index (χ1n) is 9.68. The molecule has 3 fully saturated rings. The number of aromatic nitrogens is 1. The maximum atomic E-state index is 13.1. The number of pyridine rings is 1. The van der Waals surface area contributed by atoms with E-state index in [9.17, 15) is 4.79 Å². The van der Waals surface area contributed by atoms with Gasteiger partial charge in [0.05, 0.1) is 18.9 Å². The van der Waals surface area contributed by atoms with Crippen molar-refractivity contribution in [2.24, 2.45) is 11.3 Å². The molecule has 1 aliphatic carbocycles. The molecule has 5 heteroatoms. The van der Waals surface area contributed by atoms with Crippen molar-refractivity contribution in [1.29, 1.82) is 0 Å². The van der Waals surface area contributed by atoms with E-state index in [2.05, 4.69) is 22.0 Å². The maximum absolute atomic E-state index is 13.1. The Balaban J connectivity index is 1.43. The first-order chi connectivity index (χ1) is 12.2. The fourth-order valence-electron chi connectivity index (χ4n) is 5.05. The lowest BCUT2D eigenvalue weighted by molar-refractivity contribution is -0.143. The second-order valence-corrected chi connectivity index (χ2v) is 7.98. The molecule has 2 saturated heterocycles. The van der Waals surface area contributed by atoms with Crippen molar-refractivity contribution < 1.29 is 9.53 Å².